The molecule has 0 aromatic carbocycles. The predicted molar refractivity (Wildman–Crippen MR) is 113 cm³/mol. The second-order valence-electron chi connectivity index (χ2n) is 10.5. The molecule has 4 bridgehead atoms. The molecule has 4 fully saturated rings. The number of carboxylic acids is 1. The van der Waals surface area contributed by atoms with Gasteiger partial charge in [-0.15, -0.1) is 0 Å². The smallest absolute Gasteiger partial charge is 0.340 e. The number of esters is 2. The van der Waals surface area contributed by atoms with Crippen molar-refractivity contribution in [1.29, 1.82) is 0 Å². The van der Waals surface area contributed by atoms with E-state index in [9.17, 15) is 24.6 Å². The Bertz CT molecular complexity index is 1150. The summed E-state index contributed by atoms with van der Waals surface area (Å²) in [6, 6.07) is 3.28. The minimum Gasteiger partial charge on any atom is -0.481 e. The van der Waals surface area contributed by atoms with Crippen LogP contribution in [0.5, 0.6) is 0 Å². The van der Waals surface area contributed by atoms with Gasteiger partial charge in [0.2, 0.25) is 0 Å². The summed E-state index contributed by atoms with van der Waals surface area (Å²) in [4.78, 5) is 42.7. The molecule has 1 spiro atoms. The number of carboxylic acid groups (broad SMARTS) is 1. The van der Waals surface area contributed by atoms with E-state index in [-0.39, 0.29) is 5.92 Å². The molecule has 1 saturated heterocycles. The molecule has 2 heterocycles. The summed E-state index contributed by atoms with van der Waals surface area (Å²) < 4.78 is 12.0. The molecular weight excluding hydrogens is 426 g/mol. The highest BCUT2D eigenvalue weighted by Gasteiger charge is 2.84. The van der Waals surface area contributed by atoms with Gasteiger partial charge in [0.1, 0.15) is 16.6 Å². The monoisotopic (exact) mass is 451 g/mol. The summed E-state index contributed by atoms with van der Waals surface area (Å²) in [5.41, 5.74) is -3.19. The molecule has 3 saturated carbocycles. The molecule has 0 amide bonds. The first-order valence-corrected chi connectivity index (χ1v) is 11.3. The first kappa shape index (κ1) is 20.6. The number of aliphatic hydroxyl groups is 1. The zero-order valence-corrected chi connectivity index (χ0v) is 18.2. The lowest BCUT2D eigenvalue weighted by molar-refractivity contribution is -0.163. The van der Waals surface area contributed by atoms with E-state index in [0.717, 1.165) is 0 Å². The lowest BCUT2D eigenvalue weighted by Crippen LogP contribution is -2.50. The van der Waals surface area contributed by atoms with E-state index < -0.39 is 57.9 Å². The number of nitrogens with zero attached hydrogens (tertiary/aromatic N) is 1. The molecule has 1 aliphatic heterocycles. The molecule has 6 rings (SSSR count). The third-order valence-electron chi connectivity index (χ3n) is 9.28. The third-order valence-corrected chi connectivity index (χ3v) is 9.28. The molecule has 5 aliphatic rings. The number of aliphatic carboxylic acids is 1. The Morgan fingerprint density at radius 1 is 1.36 bits per heavy atom. The normalized spacial score (nSPS) is 46.5. The maximum atomic E-state index is 13.0. The zero-order valence-electron chi connectivity index (χ0n) is 18.2. The van der Waals surface area contributed by atoms with Crippen LogP contribution in [0.2, 0.25) is 0 Å². The van der Waals surface area contributed by atoms with E-state index >= 15 is 0 Å². The van der Waals surface area contributed by atoms with E-state index in [2.05, 4.69) is 11.6 Å². The maximum absolute atomic E-state index is 13.0. The molecule has 2 N–H and O–H groups in total. The fraction of sp³-hybridized carbons (Fsp3) is 0.520. The molecule has 1 aromatic heterocycles. The average molecular weight is 451 g/mol. The highest BCUT2D eigenvalue weighted by molar-refractivity contribution is 5.90. The standard InChI is InChI=1S/C25H25NO7/c1-13-10-23-12-24(13,32-20(30)14-4-3-9-26-11-14)7-5-15(23)25-8-6-16(27)22(2,21(31)33-25)18(25)17(23)19(28)29/h3-4,6,8-9,11,15-18,27H,1,5,7,10,12H2,2H3,(H,28,29)/t15-,16+,17-,18-,22-,23+,24+,25-/m1/s1. The van der Waals surface area contributed by atoms with Gasteiger partial charge in [0.15, 0.2) is 0 Å². The summed E-state index contributed by atoms with van der Waals surface area (Å²) in [5, 5.41) is 21.2. The highest BCUT2D eigenvalue weighted by atomic mass is 16.6. The van der Waals surface area contributed by atoms with Gasteiger partial charge >= 0.3 is 17.9 Å². The molecule has 8 nitrogen and oxygen atoms in total. The van der Waals surface area contributed by atoms with Crippen molar-refractivity contribution in [2.45, 2.75) is 49.9 Å². The van der Waals surface area contributed by atoms with Gasteiger partial charge in [0.05, 0.1) is 17.6 Å². The van der Waals surface area contributed by atoms with Gasteiger partial charge in [-0.25, -0.2) is 4.79 Å². The minimum absolute atomic E-state index is 0.268. The van der Waals surface area contributed by atoms with Gasteiger partial charge in [0.25, 0.3) is 0 Å². The number of hydrogen-bond donors (Lipinski definition) is 2. The molecule has 8 heteroatoms. The molecule has 33 heavy (non-hydrogen) atoms. The van der Waals surface area contributed by atoms with Crippen LogP contribution >= 0.6 is 0 Å². The molecule has 8 atom stereocenters. The van der Waals surface area contributed by atoms with Crippen LogP contribution in [0.1, 0.15) is 43.0 Å². The second-order valence-corrected chi connectivity index (χ2v) is 10.5. The van der Waals surface area contributed by atoms with Crippen LogP contribution in [0, 0.1) is 28.6 Å². The topological polar surface area (TPSA) is 123 Å². The van der Waals surface area contributed by atoms with E-state index in [1.807, 2.05) is 0 Å². The number of pyridine rings is 1. The average Bonchev–Trinajstić information content (AvgIpc) is 3.22. The van der Waals surface area contributed by atoms with E-state index in [4.69, 9.17) is 9.47 Å². The fourth-order valence-electron chi connectivity index (χ4n) is 7.99. The highest BCUT2D eigenvalue weighted by Crippen LogP contribution is 2.77. The van der Waals surface area contributed by atoms with Gasteiger partial charge in [0, 0.05) is 24.2 Å². The van der Waals surface area contributed by atoms with Crippen molar-refractivity contribution in [1.82, 2.24) is 4.98 Å². The van der Waals surface area contributed by atoms with Crippen LogP contribution in [-0.2, 0) is 19.1 Å². The van der Waals surface area contributed by atoms with Crippen LogP contribution in [0.25, 0.3) is 0 Å². The van der Waals surface area contributed by atoms with Crippen molar-refractivity contribution in [3.05, 3.63) is 54.4 Å². The number of aromatic nitrogens is 1. The van der Waals surface area contributed by atoms with Gasteiger partial charge in [-0.1, -0.05) is 12.7 Å². The lowest BCUT2D eigenvalue weighted by atomic mass is 9.61. The summed E-state index contributed by atoms with van der Waals surface area (Å²) in [5.74, 6) is -4.03. The van der Waals surface area contributed by atoms with Crippen molar-refractivity contribution in [2.24, 2.45) is 28.6 Å². The quantitative estimate of drug-likeness (QED) is 0.530. The zero-order chi connectivity index (χ0) is 23.4. The predicted octanol–water partition coefficient (Wildman–Crippen LogP) is 2.29. The van der Waals surface area contributed by atoms with Crippen LogP contribution in [0.4, 0.5) is 0 Å². The van der Waals surface area contributed by atoms with Crippen molar-refractivity contribution >= 4 is 17.9 Å². The Balaban J connectivity index is 1.45. The van der Waals surface area contributed by atoms with Crippen LogP contribution in [-0.4, -0.2) is 50.4 Å². The van der Waals surface area contributed by atoms with Crippen LogP contribution < -0.4 is 0 Å². The number of ether oxygens (including phenoxy) is 2. The second kappa shape index (κ2) is 6.11. The molecule has 1 aromatic rings. The van der Waals surface area contributed by atoms with E-state index in [1.165, 1.54) is 6.20 Å². The lowest BCUT2D eigenvalue weighted by Gasteiger charge is -2.45. The van der Waals surface area contributed by atoms with Crippen molar-refractivity contribution < 1.29 is 34.1 Å². The first-order chi connectivity index (χ1) is 15.6. The Hall–Kier alpha value is -3.00. The Morgan fingerprint density at radius 2 is 2.15 bits per heavy atom. The summed E-state index contributed by atoms with van der Waals surface area (Å²) in [6.07, 6.45) is 6.84. The number of fused-ring (bicyclic) bond motifs is 1. The largest absolute Gasteiger partial charge is 0.481 e. The maximum Gasteiger partial charge on any atom is 0.340 e. The molecule has 4 aliphatic carbocycles. The van der Waals surface area contributed by atoms with Gasteiger partial charge in [-0.3, -0.25) is 14.6 Å². The van der Waals surface area contributed by atoms with Crippen LogP contribution in [0.3, 0.4) is 0 Å². The van der Waals surface area contributed by atoms with Gasteiger partial charge < -0.3 is 19.7 Å². The molecule has 0 radical (unpaired) electrons. The van der Waals surface area contributed by atoms with E-state index in [0.29, 0.717) is 36.8 Å². The van der Waals surface area contributed by atoms with Crippen LogP contribution in [0.15, 0.2) is 48.8 Å². The number of rotatable bonds is 3. The van der Waals surface area contributed by atoms with Crippen molar-refractivity contribution in [3.8, 4) is 0 Å². The number of aliphatic hydroxyl groups excluding tert-OH is 1. The number of hydrogen-bond acceptors (Lipinski definition) is 7. The number of carbonyl (C=O) groups is 3. The van der Waals surface area contributed by atoms with Crippen molar-refractivity contribution in [3.63, 3.8) is 0 Å². The first-order valence-electron chi connectivity index (χ1n) is 11.3. The third kappa shape index (κ3) is 2.20. The van der Waals surface area contributed by atoms with Gasteiger partial charge in [-0.2, -0.15) is 0 Å². The Labute approximate surface area is 190 Å². The Morgan fingerprint density at radius 3 is 2.85 bits per heavy atom. The van der Waals surface area contributed by atoms with Crippen molar-refractivity contribution in [2.75, 3.05) is 0 Å². The SMILES string of the molecule is C=C1C[C@]23C[C@@]1(OC(=O)c1cccnc1)CC[C@H]2[C@@]12C=C[C@H](O)[C@@](C)(C(=O)O1)[C@H]2[C@@H]3C(=O)O. The summed E-state index contributed by atoms with van der Waals surface area (Å²) in [6.45, 7) is 5.84. The fourth-order valence-corrected chi connectivity index (χ4v) is 7.99. The molecule has 0 unspecified atom stereocenters. The number of carbonyl (C=O) groups excluding carboxylic acids is 2. The van der Waals surface area contributed by atoms with E-state index in [1.54, 1.807) is 37.4 Å². The Kier molecular flexibility index (Phi) is 3.81. The summed E-state index contributed by atoms with van der Waals surface area (Å²) in [7, 11) is 0. The minimum atomic E-state index is -1.34. The molecule has 172 valence electrons. The summed E-state index contributed by atoms with van der Waals surface area (Å²) >= 11 is 0. The molecular formula is C25H25NO7. The van der Waals surface area contributed by atoms with Gasteiger partial charge in [-0.05, 0) is 61.8 Å².